The van der Waals surface area contributed by atoms with Crippen LogP contribution in [0.25, 0.3) is 0 Å². The van der Waals surface area contributed by atoms with Crippen molar-refractivity contribution >= 4 is 0 Å². The second kappa shape index (κ2) is 8.12. The second-order valence-corrected chi connectivity index (χ2v) is 4.93. The van der Waals surface area contributed by atoms with E-state index in [0.29, 0.717) is 5.92 Å². The lowest BCUT2D eigenvalue weighted by molar-refractivity contribution is 0.177. The number of rotatable bonds is 8. The molecule has 0 saturated carbocycles. The Balaban J connectivity index is 2.54. The molecule has 0 bridgehead atoms. The number of benzene rings is 1. The standard InChI is InChI=1S/C15H24FNO2/c1-4-12(11-18)10-17(2)8-7-13-9-14(16)5-6-15(13)19-3/h5-6,9,12,18H,4,7-8,10-11H2,1-3H3. The lowest BCUT2D eigenvalue weighted by Gasteiger charge is -2.22. The van der Waals surface area contributed by atoms with Gasteiger partial charge in [0.15, 0.2) is 0 Å². The molecule has 0 heterocycles. The van der Waals surface area contributed by atoms with E-state index in [0.717, 1.165) is 37.2 Å². The van der Waals surface area contributed by atoms with E-state index >= 15 is 0 Å². The van der Waals surface area contributed by atoms with Crippen molar-refractivity contribution < 1.29 is 14.2 Å². The first-order valence-corrected chi connectivity index (χ1v) is 6.72. The molecule has 0 spiro atoms. The molecule has 0 aromatic heterocycles. The number of ether oxygens (including phenoxy) is 1. The van der Waals surface area contributed by atoms with Gasteiger partial charge in [0.2, 0.25) is 0 Å². The zero-order valence-electron chi connectivity index (χ0n) is 12.0. The summed E-state index contributed by atoms with van der Waals surface area (Å²) in [4.78, 5) is 2.16. The summed E-state index contributed by atoms with van der Waals surface area (Å²) in [7, 11) is 3.61. The molecular formula is C15H24FNO2. The van der Waals surface area contributed by atoms with E-state index in [2.05, 4.69) is 11.8 Å². The Labute approximate surface area is 115 Å². The predicted molar refractivity (Wildman–Crippen MR) is 75.0 cm³/mol. The summed E-state index contributed by atoms with van der Waals surface area (Å²) in [6.45, 7) is 3.95. The van der Waals surface area contributed by atoms with Crippen LogP contribution in [0.4, 0.5) is 4.39 Å². The lowest BCUT2D eigenvalue weighted by atomic mass is 10.1. The van der Waals surface area contributed by atoms with E-state index in [-0.39, 0.29) is 12.4 Å². The van der Waals surface area contributed by atoms with Gasteiger partial charge in [-0.3, -0.25) is 0 Å². The number of methoxy groups -OCH3 is 1. The van der Waals surface area contributed by atoms with Crippen molar-refractivity contribution in [2.75, 3.05) is 33.9 Å². The Kier molecular flexibility index (Phi) is 6.81. The van der Waals surface area contributed by atoms with Gasteiger partial charge in [-0.15, -0.1) is 0 Å². The summed E-state index contributed by atoms with van der Waals surface area (Å²) in [5.41, 5.74) is 0.881. The first-order chi connectivity index (χ1) is 9.10. The minimum absolute atomic E-state index is 0.212. The average Bonchev–Trinajstić information content (AvgIpc) is 2.42. The highest BCUT2D eigenvalue weighted by atomic mass is 19.1. The molecular weight excluding hydrogens is 245 g/mol. The SMILES string of the molecule is CCC(CO)CN(C)CCc1cc(F)ccc1OC. The summed E-state index contributed by atoms with van der Waals surface area (Å²) in [6, 6.07) is 4.59. The summed E-state index contributed by atoms with van der Waals surface area (Å²) in [6.07, 6.45) is 1.70. The number of hydrogen-bond donors (Lipinski definition) is 1. The van der Waals surface area contributed by atoms with E-state index in [9.17, 15) is 9.50 Å². The number of aliphatic hydroxyl groups excluding tert-OH is 1. The Morgan fingerprint density at radius 1 is 1.42 bits per heavy atom. The molecule has 0 aliphatic carbocycles. The van der Waals surface area contributed by atoms with Gasteiger partial charge in [0, 0.05) is 19.7 Å². The zero-order chi connectivity index (χ0) is 14.3. The minimum Gasteiger partial charge on any atom is -0.496 e. The van der Waals surface area contributed by atoms with Crippen LogP contribution >= 0.6 is 0 Å². The summed E-state index contributed by atoms with van der Waals surface area (Å²) >= 11 is 0. The third-order valence-electron chi connectivity index (χ3n) is 3.41. The molecule has 1 atom stereocenters. The maximum atomic E-state index is 13.2. The third-order valence-corrected chi connectivity index (χ3v) is 3.41. The van der Waals surface area contributed by atoms with Gasteiger partial charge in [-0.1, -0.05) is 6.92 Å². The molecule has 1 rings (SSSR count). The fourth-order valence-electron chi connectivity index (χ4n) is 2.10. The van der Waals surface area contributed by atoms with Crippen LogP contribution < -0.4 is 4.74 Å². The lowest BCUT2D eigenvalue weighted by Crippen LogP contribution is -2.29. The number of halogens is 1. The normalized spacial score (nSPS) is 12.7. The van der Waals surface area contributed by atoms with E-state index in [1.807, 2.05) is 7.05 Å². The van der Waals surface area contributed by atoms with Crippen LogP contribution in [0.1, 0.15) is 18.9 Å². The first kappa shape index (κ1) is 15.9. The Morgan fingerprint density at radius 3 is 2.74 bits per heavy atom. The first-order valence-electron chi connectivity index (χ1n) is 6.72. The molecule has 19 heavy (non-hydrogen) atoms. The van der Waals surface area contributed by atoms with Crippen molar-refractivity contribution in [3.63, 3.8) is 0 Å². The number of nitrogens with zero attached hydrogens (tertiary/aromatic N) is 1. The molecule has 0 fully saturated rings. The van der Waals surface area contributed by atoms with Crippen molar-refractivity contribution in [2.24, 2.45) is 5.92 Å². The fourth-order valence-corrected chi connectivity index (χ4v) is 2.10. The molecule has 0 radical (unpaired) electrons. The van der Waals surface area contributed by atoms with Crippen molar-refractivity contribution in [2.45, 2.75) is 19.8 Å². The average molecular weight is 269 g/mol. The van der Waals surface area contributed by atoms with Crippen LogP contribution in [0.2, 0.25) is 0 Å². The number of likely N-dealkylation sites (N-methyl/N-ethyl adjacent to an activating group) is 1. The van der Waals surface area contributed by atoms with Crippen LogP contribution in [0, 0.1) is 11.7 Å². The zero-order valence-corrected chi connectivity index (χ0v) is 12.0. The molecule has 0 aliphatic rings. The summed E-state index contributed by atoms with van der Waals surface area (Å²) in [5, 5.41) is 9.18. The molecule has 108 valence electrons. The number of hydrogen-bond acceptors (Lipinski definition) is 3. The van der Waals surface area contributed by atoms with Gasteiger partial charge < -0.3 is 14.7 Å². The van der Waals surface area contributed by atoms with E-state index < -0.39 is 0 Å². The van der Waals surface area contributed by atoms with Crippen molar-refractivity contribution in [3.8, 4) is 5.75 Å². The quantitative estimate of drug-likeness (QED) is 0.786. The van der Waals surface area contributed by atoms with Gasteiger partial charge in [-0.05, 0) is 49.6 Å². The third kappa shape index (κ3) is 5.17. The van der Waals surface area contributed by atoms with Gasteiger partial charge in [0.1, 0.15) is 11.6 Å². The summed E-state index contributed by atoms with van der Waals surface area (Å²) < 4.78 is 18.5. The highest BCUT2D eigenvalue weighted by molar-refractivity contribution is 5.34. The van der Waals surface area contributed by atoms with E-state index in [1.165, 1.54) is 12.1 Å². The van der Waals surface area contributed by atoms with Crippen LogP contribution in [0.3, 0.4) is 0 Å². The van der Waals surface area contributed by atoms with Crippen molar-refractivity contribution in [1.82, 2.24) is 4.90 Å². The second-order valence-electron chi connectivity index (χ2n) is 4.93. The van der Waals surface area contributed by atoms with Crippen LogP contribution in [0.15, 0.2) is 18.2 Å². The molecule has 4 heteroatoms. The molecule has 1 aromatic carbocycles. The van der Waals surface area contributed by atoms with Crippen molar-refractivity contribution in [3.05, 3.63) is 29.6 Å². The topological polar surface area (TPSA) is 32.7 Å². The van der Waals surface area contributed by atoms with Crippen LogP contribution in [-0.4, -0.2) is 43.9 Å². The van der Waals surface area contributed by atoms with Gasteiger partial charge in [-0.25, -0.2) is 4.39 Å². The molecule has 1 aromatic rings. The minimum atomic E-state index is -0.236. The van der Waals surface area contributed by atoms with Crippen LogP contribution in [-0.2, 0) is 6.42 Å². The molecule has 3 nitrogen and oxygen atoms in total. The summed E-state index contributed by atoms with van der Waals surface area (Å²) in [5.74, 6) is 0.795. The molecule has 0 amide bonds. The maximum absolute atomic E-state index is 13.2. The van der Waals surface area contributed by atoms with E-state index in [1.54, 1.807) is 13.2 Å². The van der Waals surface area contributed by atoms with Crippen molar-refractivity contribution in [1.29, 1.82) is 0 Å². The molecule has 0 saturated heterocycles. The monoisotopic (exact) mass is 269 g/mol. The van der Waals surface area contributed by atoms with Gasteiger partial charge in [0.05, 0.1) is 7.11 Å². The largest absolute Gasteiger partial charge is 0.496 e. The molecule has 1 N–H and O–H groups in total. The Hall–Kier alpha value is -1.13. The molecule has 1 unspecified atom stereocenters. The highest BCUT2D eigenvalue weighted by Gasteiger charge is 2.10. The number of aliphatic hydroxyl groups is 1. The predicted octanol–water partition coefficient (Wildman–Crippen LogP) is 2.33. The Morgan fingerprint density at radius 2 is 2.16 bits per heavy atom. The fraction of sp³-hybridized carbons (Fsp3) is 0.600. The van der Waals surface area contributed by atoms with Gasteiger partial charge in [-0.2, -0.15) is 0 Å². The Bertz CT molecular complexity index is 380. The smallest absolute Gasteiger partial charge is 0.123 e. The highest BCUT2D eigenvalue weighted by Crippen LogP contribution is 2.20. The van der Waals surface area contributed by atoms with Gasteiger partial charge in [0.25, 0.3) is 0 Å². The van der Waals surface area contributed by atoms with Crippen LogP contribution in [0.5, 0.6) is 5.75 Å². The maximum Gasteiger partial charge on any atom is 0.123 e. The van der Waals surface area contributed by atoms with E-state index in [4.69, 9.17) is 4.74 Å². The molecule has 0 aliphatic heterocycles. The van der Waals surface area contributed by atoms with Gasteiger partial charge >= 0.3 is 0 Å².